The number of aliphatic hydroxyl groups is 1. The Kier molecular flexibility index (Phi) is 4.36. The summed E-state index contributed by atoms with van der Waals surface area (Å²) in [5, 5.41) is 9.07. The van der Waals surface area contributed by atoms with Gasteiger partial charge in [-0.2, -0.15) is 0 Å². The van der Waals surface area contributed by atoms with Gasteiger partial charge in [0.1, 0.15) is 0 Å². The van der Waals surface area contributed by atoms with Gasteiger partial charge in [-0.3, -0.25) is 4.79 Å². The fraction of sp³-hybridized carbons (Fsp3) is 0.917. The molecule has 5 heteroatoms. The Balaban J connectivity index is 1.87. The van der Waals surface area contributed by atoms with Crippen LogP contribution < -0.4 is 0 Å². The van der Waals surface area contributed by atoms with Crippen molar-refractivity contribution < 1.29 is 19.4 Å². The molecule has 2 heterocycles. The molecule has 2 rings (SSSR count). The number of morpholine rings is 1. The van der Waals surface area contributed by atoms with E-state index in [0.717, 1.165) is 19.4 Å². The van der Waals surface area contributed by atoms with Gasteiger partial charge in [-0.25, -0.2) is 0 Å². The third kappa shape index (κ3) is 3.18. The normalized spacial score (nSPS) is 34.0. The first kappa shape index (κ1) is 12.8. The van der Waals surface area contributed by atoms with E-state index in [1.807, 2.05) is 11.8 Å². The maximum atomic E-state index is 12.1. The zero-order chi connectivity index (χ0) is 12.3. The number of ether oxygens (including phenoxy) is 2. The Morgan fingerprint density at radius 1 is 1.41 bits per heavy atom. The van der Waals surface area contributed by atoms with Crippen molar-refractivity contribution in [3.8, 4) is 0 Å². The molecule has 0 saturated carbocycles. The van der Waals surface area contributed by atoms with E-state index in [-0.39, 0.29) is 30.8 Å². The first-order valence-corrected chi connectivity index (χ1v) is 6.34. The SMILES string of the molecule is CC1COC(CO)CN1C(=O)CC1CCCO1. The highest BCUT2D eigenvalue weighted by molar-refractivity contribution is 5.77. The molecule has 0 aromatic rings. The summed E-state index contributed by atoms with van der Waals surface area (Å²) in [5.74, 6) is 0.117. The van der Waals surface area contributed by atoms with E-state index in [2.05, 4.69) is 0 Å². The third-order valence-corrected chi connectivity index (χ3v) is 3.46. The number of rotatable bonds is 3. The van der Waals surface area contributed by atoms with Crippen LogP contribution in [0, 0.1) is 0 Å². The molecule has 0 spiro atoms. The number of aliphatic hydroxyl groups excluding tert-OH is 1. The Labute approximate surface area is 102 Å². The van der Waals surface area contributed by atoms with Crippen molar-refractivity contribution >= 4 is 5.91 Å². The lowest BCUT2D eigenvalue weighted by atomic mass is 10.1. The van der Waals surface area contributed by atoms with E-state index in [0.29, 0.717) is 19.6 Å². The minimum Gasteiger partial charge on any atom is -0.394 e. The Morgan fingerprint density at radius 2 is 2.24 bits per heavy atom. The number of hydrogen-bond donors (Lipinski definition) is 1. The van der Waals surface area contributed by atoms with Gasteiger partial charge in [0.2, 0.25) is 5.91 Å². The topological polar surface area (TPSA) is 59.0 Å². The Bertz CT molecular complexity index is 265. The van der Waals surface area contributed by atoms with Crippen LogP contribution in [0.25, 0.3) is 0 Å². The molecule has 3 atom stereocenters. The summed E-state index contributed by atoms with van der Waals surface area (Å²) in [5.41, 5.74) is 0. The standard InChI is InChI=1S/C12H21NO4/c1-9-8-17-11(7-14)6-13(9)12(15)5-10-3-2-4-16-10/h9-11,14H,2-8H2,1H3. The van der Waals surface area contributed by atoms with Crippen LogP contribution in [-0.2, 0) is 14.3 Å². The van der Waals surface area contributed by atoms with Gasteiger partial charge in [0.15, 0.2) is 0 Å². The van der Waals surface area contributed by atoms with Crippen LogP contribution in [0.2, 0.25) is 0 Å². The molecule has 0 aliphatic carbocycles. The molecule has 2 aliphatic rings. The quantitative estimate of drug-likeness (QED) is 0.767. The van der Waals surface area contributed by atoms with Gasteiger partial charge >= 0.3 is 0 Å². The number of carbonyl (C=O) groups is 1. The van der Waals surface area contributed by atoms with Crippen LogP contribution in [0.5, 0.6) is 0 Å². The molecule has 0 radical (unpaired) electrons. The maximum Gasteiger partial charge on any atom is 0.225 e. The summed E-state index contributed by atoms with van der Waals surface area (Å²) in [6, 6.07) is 0.0895. The summed E-state index contributed by atoms with van der Waals surface area (Å²) in [6.45, 7) is 3.71. The second kappa shape index (κ2) is 5.80. The zero-order valence-electron chi connectivity index (χ0n) is 10.3. The zero-order valence-corrected chi connectivity index (χ0v) is 10.3. The van der Waals surface area contributed by atoms with Crippen molar-refractivity contribution in [2.45, 2.75) is 44.4 Å². The largest absolute Gasteiger partial charge is 0.394 e. The van der Waals surface area contributed by atoms with Gasteiger partial charge in [-0.1, -0.05) is 0 Å². The molecule has 3 unspecified atom stereocenters. The number of hydrogen-bond acceptors (Lipinski definition) is 4. The molecular weight excluding hydrogens is 222 g/mol. The van der Waals surface area contributed by atoms with Crippen LogP contribution in [0.3, 0.4) is 0 Å². The molecule has 5 nitrogen and oxygen atoms in total. The second-order valence-electron chi connectivity index (χ2n) is 4.87. The first-order valence-electron chi connectivity index (χ1n) is 6.34. The summed E-state index contributed by atoms with van der Waals surface area (Å²) >= 11 is 0. The van der Waals surface area contributed by atoms with E-state index in [1.54, 1.807) is 0 Å². The van der Waals surface area contributed by atoms with Crippen LogP contribution in [0.15, 0.2) is 0 Å². The highest BCUT2D eigenvalue weighted by Crippen LogP contribution is 2.19. The van der Waals surface area contributed by atoms with E-state index in [1.165, 1.54) is 0 Å². The summed E-state index contributed by atoms with van der Waals surface area (Å²) in [7, 11) is 0. The summed E-state index contributed by atoms with van der Waals surface area (Å²) < 4.78 is 10.9. The van der Waals surface area contributed by atoms with Crippen LogP contribution in [0.4, 0.5) is 0 Å². The molecular formula is C12H21NO4. The Hall–Kier alpha value is -0.650. The van der Waals surface area contributed by atoms with E-state index in [9.17, 15) is 4.79 Å². The number of nitrogens with zero attached hydrogens (tertiary/aromatic N) is 1. The summed E-state index contributed by atoms with van der Waals surface area (Å²) in [6.07, 6.45) is 2.34. The van der Waals surface area contributed by atoms with E-state index < -0.39 is 0 Å². The van der Waals surface area contributed by atoms with Crippen LogP contribution in [0.1, 0.15) is 26.2 Å². The average Bonchev–Trinajstić information content (AvgIpc) is 2.82. The van der Waals surface area contributed by atoms with E-state index in [4.69, 9.17) is 14.6 Å². The highest BCUT2D eigenvalue weighted by atomic mass is 16.5. The molecule has 2 fully saturated rings. The van der Waals surface area contributed by atoms with Crippen molar-refractivity contribution in [2.75, 3.05) is 26.4 Å². The predicted octanol–water partition coefficient (Wildman–Crippen LogP) is 0.164. The lowest BCUT2D eigenvalue weighted by Gasteiger charge is -2.37. The van der Waals surface area contributed by atoms with Gasteiger partial charge in [0, 0.05) is 13.2 Å². The molecule has 0 aromatic carbocycles. The third-order valence-electron chi connectivity index (χ3n) is 3.46. The van der Waals surface area contributed by atoms with Gasteiger partial charge in [0.25, 0.3) is 0 Å². The molecule has 0 bridgehead atoms. The van der Waals surface area contributed by atoms with Crippen LogP contribution >= 0.6 is 0 Å². The van der Waals surface area contributed by atoms with Gasteiger partial charge in [0.05, 0.1) is 37.9 Å². The average molecular weight is 243 g/mol. The number of amides is 1. The van der Waals surface area contributed by atoms with Crippen molar-refractivity contribution in [3.05, 3.63) is 0 Å². The smallest absolute Gasteiger partial charge is 0.225 e. The molecule has 17 heavy (non-hydrogen) atoms. The first-order chi connectivity index (χ1) is 8.20. The van der Waals surface area contributed by atoms with Crippen LogP contribution in [-0.4, -0.2) is 60.5 Å². The van der Waals surface area contributed by atoms with Gasteiger partial charge in [-0.05, 0) is 19.8 Å². The predicted molar refractivity (Wildman–Crippen MR) is 61.6 cm³/mol. The highest BCUT2D eigenvalue weighted by Gasteiger charge is 2.31. The minimum atomic E-state index is -0.236. The molecule has 1 amide bonds. The van der Waals surface area contributed by atoms with Crippen molar-refractivity contribution in [2.24, 2.45) is 0 Å². The molecule has 0 aromatic heterocycles. The fourth-order valence-electron chi connectivity index (χ4n) is 2.39. The monoisotopic (exact) mass is 243 g/mol. The Morgan fingerprint density at radius 3 is 2.88 bits per heavy atom. The molecule has 2 saturated heterocycles. The molecule has 98 valence electrons. The summed E-state index contributed by atoms with van der Waals surface area (Å²) in [4.78, 5) is 13.9. The number of carbonyl (C=O) groups excluding carboxylic acids is 1. The molecule has 1 N–H and O–H groups in total. The van der Waals surface area contributed by atoms with E-state index >= 15 is 0 Å². The fourth-order valence-corrected chi connectivity index (χ4v) is 2.39. The van der Waals surface area contributed by atoms with Gasteiger partial charge < -0.3 is 19.5 Å². The van der Waals surface area contributed by atoms with Crippen molar-refractivity contribution in [1.29, 1.82) is 0 Å². The van der Waals surface area contributed by atoms with Gasteiger partial charge in [-0.15, -0.1) is 0 Å². The maximum absolute atomic E-state index is 12.1. The van der Waals surface area contributed by atoms with Crippen molar-refractivity contribution in [1.82, 2.24) is 4.90 Å². The lowest BCUT2D eigenvalue weighted by Crippen LogP contribution is -2.52. The second-order valence-corrected chi connectivity index (χ2v) is 4.87. The molecule has 2 aliphatic heterocycles. The lowest BCUT2D eigenvalue weighted by molar-refractivity contribution is -0.148. The van der Waals surface area contributed by atoms with Crippen molar-refractivity contribution in [3.63, 3.8) is 0 Å². The minimum absolute atomic E-state index is 0.0313.